The first kappa shape index (κ1) is 14.9. The Balaban J connectivity index is 2.05. The number of carbonyl (C=O) groups is 1. The predicted molar refractivity (Wildman–Crippen MR) is 80.9 cm³/mol. The van der Waals surface area contributed by atoms with Crippen molar-refractivity contribution in [3.05, 3.63) is 29.8 Å². The number of hydrogen-bond acceptors (Lipinski definition) is 3. The first-order valence-electron chi connectivity index (χ1n) is 7.43. The fourth-order valence-corrected chi connectivity index (χ4v) is 2.70. The standard InChI is InChI=1S/C16H24N2O2/c1-3-9-17-14-6-4-13(5-7-14)16(20)18-10-8-12(2)15(18)11-19/h4-7,12,15,17,19H,3,8-11H2,1-2H3. The highest BCUT2D eigenvalue weighted by Gasteiger charge is 2.34. The van der Waals surface area contributed by atoms with Crippen molar-refractivity contribution in [3.63, 3.8) is 0 Å². The summed E-state index contributed by atoms with van der Waals surface area (Å²) in [7, 11) is 0. The monoisotopic (exact) mass is 276 g/mol. The summed E-state index contributed by atoms with van der Waals surface area (Å²) in [5.74, 6) is 0.393. The smallest absolute Gasteiger partial charge is 0.254 e. The molecular formula is C16H24N2O2. The number of rotatable bonds is 5. The topological polar surface area (TPSA) is 52.6 Å². The minimum atomic E-state index is -0.0413. The van der Waals surface area contributed by atoms with Gasteiger partial charge in [0.15, 0.2) is 0 Å². The van der Waals surface area contributed by atoms with Crippen LogP contribution in [0.1, 0.15) is 37.0 Å². The molecule has 0 radical (unpaired) electrons. The summed E-state index contributed by atoms with van der Waals surface area (Å²) in [6.45, 7) is 5.92. The van der Waals surface area contributed by atoms with E-state index in [4.69, 9.17) is 0 Å². The molecule has 2 rings (SSSR count). The van der Waals surface area contributed by atoms with Gasteiger partial charge in [0, 0.05) is 24.3 Å². The fraction of sp³-hybridized carbons (Fsp3) is 0.562. The number of carbonyl (C=O) groups excluding carboxylic acids is 1. The highest BCUT2D eigenvalue weighted by molar-refractivity contribution is 5.95. The SMILES string of the molecule is CCCNc1ccc(C(=O)N2CCC(C)C2CO)cc1. The van der Waals surface area contributed by atoms with Gasteiger partial charge < -0.3 is 15.3 Å². The Morgan fingerprint density at radius 2 is 2.10 bits per heavy atom. The van der Waals surface area contributed by atoms with E-state index in [1.54, 1.807) is 4.90 Å². The molecule has 4 heteroatoms. The van der Waals surface area contributed by atoms with Gasteiger partial charge in [0.2, 0.25) is 0 Å². The van der Waals surface area contributed by atoms with Gasteiger partial charge in [-0.1, -0.05) is 13.8 Å². The Morgan fingerprint density at radius 3 is 2.70 bits per heavy atom. The minimum absolute atomic E-state index is 0.0236. The molecule has 1 heterocycles. The van der Waals surface area contributed by atoms with Crippen molar-refractivity contribution < 1.29 is 9.90 Å². The first-order chi connectivity index (χ1) is 9.67. The maximum absolute atomic E-state index is 12.5. The van der Waals surface area contributed by atoms with Crippen molar-refractivity contribution in [2.45, 2.75) is 32.7 Å². The maximum Gasteiger partial charge on any atom is 0.254 e. The van der Waals surface area contributed by atoms with E-state index in [9.17, 15) is 9.90 Å². The summed E-state index contributed by atoms with van der Waals surface area (Å²) < 4.78 is 0. The van der Waals surface area contributed by atoms with Gasteiger partial charge in [0.25, 0.3) is 5.91 Å². The lowest BCUT2D eigenvalue weighted by atomic mass is 10.0. The van der Waals surface area contributed by atoms with Crippen molar-refractivity contribution >= 4 is 11.6 Å². The molecule has 0 spiro atoms. The molecule has 0 saturated carbocycles. The lowest BCUT2D eigenvalue weighted by molar-refractivity contribution is 0.0648. The fourth-order valence-electron chi connectivity index (χ4n) is 2.70. The minimum Gasteiger partial charge on any atom is -0.394 e. The van der Waals surface area contributed by atoms with Crippen LogP contribution in [0.4, 0.5) is 5.69 Å². The number of amides is 1. The lowest BCUT2D eigenvalue weighted by Crippen LogP contribution is -2.39. The molecule has 2 N–H and O–H groups in total. The number of aliphatic hydroxyl groups is 1. The van der Waals surface area contributed by atoms with Gasteiger partial charge >= 0.3 is 0 Å². The zero-order valence-corrected chi connectivity index (χ0v) is 12.3. The van der Waals surface area contributed by atoms with E-state index < -0.39 is 0 Å². The number of anilines is 1. The third-order valence-corrected chi connectivity index (χ3v) is 4.04. The van der Waals surface area contributed by atoms with Gasteiger partial charge in [-0.2, -0.15) is 0 Å². The molecule has 4 nitrogen and oxygen atoms in total. The highest BCUT2D eigenvalue weighted by Crippen LogP contribution is 2.25. The quantitative estimate of drug-likeness (QED) is 0.868. The molecule has 0 bridgehead atoms. The molecule has 1 aromatic carbocycles. The average molecular weight is 276 g/mol. The van der Waals surface area contributed by atoms with E-state index in [2.05, 4.69) is 19.2 Å². The van der Waals surface area contributed by atoms with Crippen molar-refractivity contribution in [1.29, 1.82) is 0 Å². The van der Waals surface area contributed by atoms with Gasteiger partial charge in [0.1, 0.15) is 0 Å². The Hall–Kier alpha value is -1.55. The lowest BCUT2D eigenvalue weighted by Gasteiger charge is -2.25. The van der Waals surface area contributed by atoms with Crippen molar-refractivity contribution in [1.82, 2.24) is 4.90 Å². The van der Waals surface area contributed by atoms with Gasteiger partial charge in [-0.25, -0.2) is 0 Å². The van der Waals surface area contributed by atoms with Crippen LogP contribution in [-0.2, 0) is 0 Å². The predicted octanol–water partition coefficient (Wildman–Crippen LogP) is 2.35. The molecule has 1 fully saturated rings. The summed E-state index contributed by atoms with van der Waals surface area (Å²) >= 11 is 0. The van der Waals surface area contributed by atoms with E-state index in [1.807, 2.05) is 24.3 Å². The van der Waals surface area contributed by atoms with Crippen LogP contribution in [0.25, 0.3) is 0 Å². The molecule has 0 aromatic heterocycles. The van der Waals surface area contributed by atoms with Crippen LogP contribution in [0.5, 0.6) is 0 Å². The second-order valence-corrected chi connectivity index (χ2v) is 5.52. The largest absolute Gasteiger partial charge is 0.394 e. The highest BCUT2D eigenvalue weighted by atomic mass is 16.3. The van der Waals surface area contributed by atoms with E-state index in [0.29, 0.717) is 11.5 Å². The molecule has 1 saturated heterocycles. The number of likely N-dealkylation sites (tertiary alicyclic amines) is 1. The van der Waals surface area contributed by atoms with Gasteiger partial charge in [-0.05, 0) is 43.0 Å². The van der Waals surface area contributed by atoms with Gasteiger partial charge in [-0.3, -0.25) is 4.79 Å². The zero-order valence-electron chi connectivity index (χ0n) is 12.3. The third-order valence-electron chi connectivity index (χ3n) is 4.04. The molecule has 0 aliphatic carbocycles. The molecular weight excluding hydrogens is 252 g/mol. The zero-order chi connectivity index (χ0) is 14.5. The Bertz CT molecular complexity index is 444. The third kappa shape index (κ3) is 3.12. The Labute approximate surface area is 120 Å². The number of nitrogens with zero attached hydrogens (tertiary/aromatic N) is 1. The maximum atomic E-state index is 12.5. The summed E-state index contributed by atoms with van der Waals surface area (Å²) in [5.41, 5.74) is 1.73. The van der Waals surface area contributed by atoms with Crippen LogP contribution in [0.3, 0.4) is 0 Å². The number of aliphatic hydroxyl groups excluding tert-OH is 1. The van der Waals surface area contributed by atoms with Crippen LogP contribution in [0, 0.1) is 5.92 Å². The number of nitrogens with one attached hydrogen (secondary N) is 1. The van der Waals surface area contributed by atoms with Crippen LogP contribution >= 0.6 is 0 Å². The molecule has 2 unspecified atom stereocenters. The summed E-state index contributed by atoms with van der Waals surface area (Å²) in [5, 5.41) is 12.7. The van der Waals surface area contributed by atoms with Gasteiger partial charge in [-0.15, -0.1) is 0 Å². The molecule has 110 valence electrons. The average Bonchev–Trinajstić information content (AvgIpc) is 2.85. The first-order valence-corrected chi connectivity index (χ1v) is 7.43. The summed E-state index contributed by atoms with van der Waals surface area (Å²) in [4.78, 5) is 14.3. The molecule has 1 aromatic rings. The van der Waals surface area contributed by atoms with Crippen LogP contribution in [0.2, 0.25) is 0 Å². The molecule has 20 heavy (non-hydrogen) atoms. The van der Waals surface area contributed by atoms with Crippen LogP contribution in [0.15, 0.2) is 24.3 Å². The van der Waals surface area contributed by atoms with Crippen LogP contribution < -0.4 is 5.32 Å². The second kappa shape index (κ2) is 6.75. The van der Waals surface area contributed by atoms with Gasteiger partial charge in [0.05, 0.1) is 12.6 Å². The molecule has 2 atom stereocenters. The van der Waals surface area contributed by atoms with E-state index in [1.165, 1.54) is 0 Å². The summed E-state index contributed by atoms with van der Waals surface area (Å²) in [6.07, 6.45) is 2.04. The second-order valence-electron chi connectivity index (χ2n) is 5.52. The molecule has 1 aliphatic heterocycles. The molecule has 1 aliphatic rings. The van der Waals surface area contributed by atoms with E-state index in [-0.39, 0.29) is 18.6 Å². The van der Waals surface area contributed by atoms with E-state index in [0.717, 1.165) is 31.6 Å². The number of hydrogen-bond donors (Lipinski definition) is 2. The Kier molecular flexibility index (Phi) is 5.01. The van der Waals surface area contributed by atoms with E-state index >= 15 is 0 Å². The van der Waals surface area contributed by atoms with Crippen molar-refractivity contribution in [2.75, 3.05) is 25.0 Å². The van der Waals surface area contributed by atoms with Crippen LogP contribution in [-0.4, -0.2) is 41.7 Å². The van der Waals surface area contributed by atoms with Crippen molar-refractivity contribution in [2.24, 2.45) is 5.92 Å². The number of benzene rings is 1. The van der Waals surface area contributed by atoms with Crippen molar-refractivity contribution in [3.8, 4) is 0 Å². The Morgan fingerprint density at radius 1 is 1.40 bits per heavy atom. The summed E-state index contributed by atoms with van der Waals surface area (Å²) in [6, 6.07) is 7.56. The normalized spacial score (nSPS) is 22.1. The molecule has 1 amide bonds.